The molecular weight excluding hydrogens is 240 g/mol. The Kier molecular flexibility index (Phi) is 2.92. The Bertz CT molecular complexity index is 446. The van der Waals surface area contributed by atoms with E-state index in [4.69, 9.17) is 16.3 Å². The van der Waals surface area contributed by atoms with Crippen molar-refractivity contribution < 1.29 is 14.6 Å². The first-order valence-corrected chi connectivity index (χ1v) is 5.84. The van der Waals surface area contributed by atoms with Crippen molar-refractivity contribution in [1.29, 1.82) is 0 Å². The topological polar surface area (TPSA) is 46.5 Å². The number of methoxy groups -OCH3 is 1. The lowest BCUT2D eigenvalue weighted by atomic mass is 9.56. The summed E-state index contributed by atoms with van der Waals surface area (Å²) in [6.45, 7) is 1.72. The molecule has 0 bridgehead atoms. The van der Waals surface area contributed by atoms with E-state index in [-0.39, 0.29) is 5.97 Å². The minimum atomic E-state index is -0.809. The van der Waals surface area contributed by atoms with Crippen LogP contribution in [0.15, 0.2) is 24.3 Å². The molecule has 1 aromatic rings. The van der Waals surface area contributed by atoms with Crippen molar-refractivity contribution in [3.63, 3.8) is 0 Å². The van der Waals surface area contributed by atoms with E-state index >= 15 is 0 Å². The van der Waals surface area contributed by atoms with E-state index in [1.54, 1.807) is 25.1 Å². The van der Waals surface area contributed by atoms with Gasteiger partial charge in [-0.15, -0.1) is 0 Å². The van der Waals surface area contributed by atoms with E-state index in [1.165, 1.54) is 7.11 Å². The summed E-state index contributed by atoms with van der Waals surface area (Å²) in [5.74, 6) is -0.314. The first-order chi connectivity index (χ1) is 7.89. The molecule has 0 spiro atoms. The van der Waals surface area contributed by atoms with E-state index in [2.05, 4.69) is 0 Å². The summed E-state index contributed by atoms with van der Waals surface area (Å²) in [5, 5.41) is 10.5. The van der Waals surface area contributed by atoms with Gasteiger partial charge in [0.25, 0.3) is 0 Å². The summed E-state index contributed by atoms with van der Waals surface area (Å²) in [6.07, 6.45) is 0.736. The van der Waals surface area contributed by atoms with Gasteiger partial charge in [0.1, 0.15) is 0 Å². The van der Waals surface area contributed by atoms with Gasteiger partial charge in [-0.2, -0.15) is 0 Å². The molecule has 2 rings (SSSR count). The fraction of sp³-hybridized carbons (Fsp3) is 0.462. The number of hydrogen-bond donors (Lipinski definition) is 1. The molecule has 0 aliphatic heterocycles. The van der Waals surface area contributed by atoms with Crippen LogP contribution in [-0.2, 0) is 14.9 Å². The predicted molar refractivity (Wildman–Crippen MR) is 65.0 cm³/mol. The Hall–Kier alpha value is -1.06. The van der Waals surface area contributed by atoms with E-state index < -0.39 is 11.0 Å². The van der Waals surface area contributed by atoms with Crippen LogP contribution in [0.2, 0.25) is 5.02 Å². The quantitative estimate of drug-likeness (QED) is 0.824. The van der Waals surface area contributed by atoms with Crippen LogP contribution in [0.5, 0.6) is 0 Å². The van der Waals surface area contributed by atoms with Crippen LogP contribution < -0.4 is 0 Å². The number of esters is 1. The zero-order valence-electron chi connectivity index (χ0n) is 9.87. The minimum Gasteiger partial charge on any atom is -0.468 e. The second kappa shape index (κ2) is 4.00. The van der Waals surface area contributed by atoms with Crippen molar-refractivity contribution in [2.75, 3.05) is 7.11 Å². The first kappa shape index (κ1) is 12.4. The van der Waals surface area contributed by atoms with Crippen LogP contribution in [0.4, 0.5) is 0 Å². The number of hydrogen-bond acceptors (Lipinski definition) is 3. The molecule has 1 fully saturated rings. The zero-order chi connectivity index (χ0) is 12.7. The Morgan fingerprint density at radius 3 is 2.59 bits per heavy atom. The van der Waals surface area contributed by atoms with Gasteiger partial charge in [0.15, 0.2) is 0 Å². The summed E-state index contributed by atoms with van der Waals surface area (Å²) in [7, 11) is 1.36. The van der Waals surface area contributed by atoms with Crippen molar-refractivity contribution in [1.82, 2.24) is 0 Å². The summed E-state index contributed by atoms with van der Waals surface area (Å²) in [6, 6.07) is 7.16. The third-order valence-corrected chi connectivity index (χ3v) is 3.55. The van der Waals surface area contributed by atoms with Crippen molar-refractivity contribution in [3.05, 3.63) is 34.9 Å². The fourth-order valence-electron chi connectivity index (χ4n) is 2.70. The van der Waals surface area contributed by atoms with Crippen LogP contribution in [0.1, 0.15) is 25.3 Å². The Balaban J connectivity index is 2.40. The van der Waals surface area contributed by atoms with Crippen LogP contribution in [-0.4, -0.2) is 23.8 Å². The SMILES string of the molecule is COC(=O)C1(c2cccc(Cl)c2)CC(C)(O)C1. The van der Waals surface area contributed by atoms with Gasteiger partial charge in [-0.05, 0) is 37.5 Å². The maximum absolute atomic E-state index is 11.9. The first-order valence-electron chi connectivity index (χ1n) is 5.46. The smallest absolute Gasteiger partial charge is 0.316 e. The molecule has 0 heterocycles. The van der Waals surface area contributed by atoms with Gasteiger partial charge < -0.3 is 9.84 Å². The maximum atomic E-state index is 11.9. The molecule has 17 heavy (non-hydrogen) atoms. The number of halogens is 1. The van der Waals surface area contributed by atoms with Gasteiger partial charge in [0.2, 0.25) is 0 Å². The molecular formula is C13H15ClO3. The Labute approximate surface area is 105 Å². The third kappa shape index (κ3) is 2.05. The van der Waals surface area contributed by atoms with Gasteiger partial charge in [0.05, 0.1) is 18.1 Å². The van der Waals surface area contributed by atoms with Gasteiger partial charge in [-0.25, -0.2) is 0 Å². The monoisotopic (exact) mass is 254 g/mol. The number of rotatable bonds is 2. The highest BCUT2D eigenvalue weighted by Gasteiger charge is 2.57. The second-order valence-corrected chi connectivity index (χ2v) is 5.37. The molecule has 0 atom stereocenters. The molecule has 1 aliphatic carbocycles. The minimum absolute atomic E-state index is 0.314. The summed E-state index contributed by atoms with van der Waals surface area (Å²) in [5.41, 5.74) is -0.747. The van der Waals surface area contributed by atoms with E-state index in [0.717, 1.165) is 5.56 Å². The Morgan fingerprint density at radius 1 is 1.47 bits per heavy atom. The summed E-state index contributed by atoms with van der Waals surface area (Å²) < 4.78 is 4.85. The predicted octanol–water partition coefficient (Wildman–Crippen LogP) is 2.30. The Morgan fingerprint density at radius 2 is 2.12 bits per heavy atom. The molecule has 0 aromatic heterocycles. The molecule has 1 N–H and O–H groups in total. The highest BCUT2D eigenvalue weighted by molar-refractivity contribution is 6.30. The fourth-order valence-corrected chi connectivity index (χ4v) is 2.89. The summed E-state index contributed by atoms with van der Waals surface area (Å²) in [4.78, 5) is 11.9. The molecule has 92 valence electrons. The number of carbonyl (C=O) groups is 1. The van der Waals surface area contributed by atoms with Crippen LogP contribution in [0, 0.1) is 0 Å². The lowest BCUT2D eigenvalue weighted by Crippen LogP contribution is -2.57. The number of carbonyl (C=O) groups excluding carboxylic acids is 1. The van der Waals surface area contributed by atoms with Crippen molar-refractivity contribution in [2.45, 2.75) is 30.8 Å². The van der Waals surface area contributed by atoms with Gasteiger partial charge >= 0.3 is 5.97 Å². The molecule has 3 nitrogen and oxygen atoms in total. The van der Waals surface area contributed by atoms with Crippen molar-refractivity contribution in [3.8, 4) is 0 Å². The number of aliphatic hydroxyl groups is 1. The van der Waals surface area contributed by atoms with Crippen LogP contribution >= 0.6 is 11.6 Å². The van der Waals surface area contributed by atoms with E-state index in [9.17, 15) is 9.90 Å². The number of ether oxygens (including phenoxy) is 1. The molecule has 4 heteroatoms. The standard InChI is InChI=1S/C13H15ClO3/c1-12(16)7-13(8-12,11(15)17-2)9-4-3-5-10(14)6-9/h3-6,16H,7-8H2,1-2H3. The molecule has 1 saturated carbocycles. The van der Waals surface area contributed by atoms with E-state index in [1.807, 2.05) is 6.07 Å². The molecule has 0 saturated heterocycles. The van der Waals surface area contributed by atoms with Gasteiger partial charge in [-0.1, -0.05) is 23.7 Å². The molecule has 0 amide bonds. The zero-order valence-corrected chi connectivity index (χ0v) is 10.6. The largest absolute Gasteiger partial charge is 0.468 e. The highest BCUT2D eigenvalue weighted by Crippen LogP contribution is 2.51. The maximum Gasteiger partial charge on any atom is 0.316 e. The molecule has 0 unspecified atom stereocenters. The normalized spacial score (nSPS) is 31.8. The molecule has 1 aliphatic rings. The number of benzene rings is 1. The third-order valence-electron chi connectivity index (χ3n) is 3.32. The lowest BCUT2D eigenvalue weighted by Gasteiger charge is -2.49. The lowest BCUT2D eigenvalue weighted by molar-refractivity contribution is -0.165. The molecule has 1 aromatic carbocycles. The second-order valence-electron chi connectivity index (χ2n) is 4.93. The van der Waals surface area contributed by atoms with Crippen LogP contribution in [0.3, 0.4) is 0 Å². The van der Waals surface area contributed by atoms with Crippen molar-refractivity contribution in [2.24, 2.45) is 0 Å². The average molecular weight is 255 g/mol. The summed E-state index contributed by atoms with van der Waals surface area (Å²) >= 11 is 5.94. The van der Waals surface area contributed by atoms with Gasteiger partial charge in [-0.3, -0.25) is 4.79 Å². The van der Waals surface area contributed by atoms with Gasteiger partial charge in [0, 0.05) is 5.02 Å². The van der Waals surface area contributed by atoms with E-state index in [0.29, 0.717) is 17.9 Å². The van der Waals surface area contributed by atoms with Crippen LogP contribution in [0.25, 0.3) is 0 Å². The highest BCUT2D eigenvalue weighted by atomic mass is 35.5. The molecule has 0 radical (unpaired) electrons. The van der Waals surface area contributed by atoms with Crippen molar-refractivity contribution >= 4 is 17.6 Å². The average Bonchev–Trinajstić information content (AvgIpc) is 2.24.